The van der Waals surface area contributed by atoms with Crippen molar-refractivity contribution in [2.45, 2.75) is 57.7 Å². The van der Waals surface area contributed by atoms with Crippen LogP contribution in [0.5, 0.6) is 0 Å². The van der Waals surface area contributed by atoms with Crippen LogP contribution in [0.25, 0.3) is 0 Å². The van der Waals surface area contributed by atoms with Gasteiger partial charge in [0.25, 0.3) is 5.91 Å². The van der Waals surface area contributed by atoms with Crippen molar-refractivity contribution in [3.63, 3.8) is 0 Å². The molecule has 2 N–H and O–H groups in total. The van der Waals surface area contributed by atoms with Crippen LogP contribution in [0.15, 0.2) is 12.1 Å². The van der Waals surface area contributed by atoms with Gasteiger partial charge in [-0.15, -0.1) is 0 Å². The van der Waals surface area contributed by atoms with Gasteiger partial charge in [0.2, 0.25) is 0 Å². The van der Waals surface area contributed by atoms with Gasteiger partial charge in [-0.3, -0.25) is 14.9 Å². The second-order valence-electron chi connectivity index (χ2n) is 6.06. The van der Waals surface area contributed by atoms with Gasteiger partial charge in [-0.2, -0.15) is 0 Å². The Morgan fingerprint density at radius 3 is 2.81 bits per heavy atom. The maximum absolute atomic E-state index is 14.3. The van der Waals surface area contributed by atoms with E-state index < -0.39 is 5.91 Å². The number of nitrogens with one attached hydrogen (secondary N) is 1. The fourth-order valence-electron chi connectivity index (χ4n) is 3.46. The molecular weight excluding hydrogens is 271 g/mol. The van der Waals surface area contributed by atoms with Gasteiger partial charge in [-0.25, -0.2) is 9.87 Å². The van der Waals surface area contributed by atoms with E-state index in [1.807, 2.05) is 0 Å². The largest absolute Gasteiger partial charge is 0.293 e. The molecule has 0 spiro atoms. The van der Waals surface area contributed by atoms with Crippen molar-refractivity contribution in [3.8, 4) is 0 Å². The average molecular weight is 292 g/mol. The third-order valence-corrected chi connectivity index (χ3v) is 4.93. The number of hydroxylamine groups is 1. The molecule has 0 bridgehead atoms. The first-order chi connectivity index (χ1) is 10.1. The fraction of sp³-hybridized carbons (Fsp3) is 0.562. The number of rotatable bonds is 3. The molecule has 1 heterocycles. The topological polar surface area (TPSA) is 52.6 Å². The van der Waals surface area contributed by atoms with Crippen molar-refractivity contribution in [2.24, 2.45) is 0 Å². The summed E-state index contributed by atoms with van der Waals surface area (Å²) >= 11 is 0. The third-order valence-electron chi connectivity index (χ3n) is 4.93. The lowest BCUT2D eigenvalue weighted by molar-refractivity contribution is 0.0589. The molecular formula is C16H21FN2O2. The van der Waals surface area contributed by atoms with Crippen molar-refractivity contribution in [1.29, 1.82) is 0 Å². The van der Waals surface area contributed by atoms with E-state index in [1.165, 1.54) is 25.3 Å². The molecule has 114 valence electrons. The number of nitrogens with zero attached hydrogens (tertiary/aromatic N) is 1. The number of carbonyl (C=O) groups is 1. The molecule has 0 aromatic heterocycles. The maximum Gasteiger partial charge on any atom is 0.274 e. The summed E-state index contributed by atoms with van der Waals surface area (Å²) < 4.78 is 14.3. The lowest BCUT2D eigenvalue weighted by Gasteiger charge is -2.45. The minimum Gasteiger partial charge on any atom is -0.293 e. The molecule has 21 heavy (non-hydrogen) atoms. The number of amides is 1. The van der Waals surface area contributed by atoms with Crippen LogP contribution in [0, 0.1) is 5.82 Å². The molecule has 1 aliphatic heterocycles. The lowest BCUT2D eigenvalue weighted by Crippen LogP contribution is -2.49. The number of fused-ring (bicyclic) bond motifs is 1. The molecule has 1 amide bonds. The maximum atomic E-state index is 14.3. The van der Waals surface area contributed by atoms with Gasteiger partial charge in [-0.1, -0.05) is 13.3 Å². The Bertz CT molecular complexity index is 557. The molecule has 1 atom stereocenters. The SMILES string of the molecule is CC[C@H]1Cc2c(F)cc(C(=O)NO)cc2CN1C1CCC1. The highest BCUT2D eigenvalue weighted by Gasteiger charge is 2.34. The summed E-state index contributed by atoms with van der Waals surface area (Å²) in [6, 6.07) is 3.91. The van der Waals surface area contributed by atoms with Crippen LogP contribution in [0.1, 0.15) is 54.1 Å². The number of benzene rings is 1. The van der Waals surface area contributed by atoms with E-state index in [0.717, 1.165) is 17.5 Å². The summed E-state index contributed by atoms with van der Waals surface area (Å²) in [5.41, 5.74) is 3.36. The standard InChI is InChI=1S/C16H21FN2O2/c1-2-12-8-14-11(9-19(12)13-4-3-5-13)6-10(7-15(14)17)16(20)18-21/h6-7,12-13,21H,2-5,8-9H2,1H3,(H,18,20)/t12-/m0/s1. The van der Waals surface area contributed by atoms with Crippen molar-refractivity contribution in [2.75, 3.05) is 0 Å². The van der Waals surface area contributed by atoms with Gasteiger partial charge in [0.1, 0.15) is 5.82 Å². The third kappa shape index (κ3) is 2.56. The smallest absolute Gasteiger partial charge is 0.274 e. The number of halogens is 1. The van der Waals surface area contributed by atoms with E-state index in [0.29, 0.717) is 25.0 Å². The van der Waals surface area contributed by atoms with Crippen molar-refractivity contribution in [1.82, 2.24) is 10.4 Å². The predicted octanol–water partition coefficient (Wildman–Crippen LogP) is 2.63. The van der Waals surface area contributed by atoms with Gasteiger partial charge in [0.15, 0.2) is 0 Å². The van der Waals surface area contributed by atoms with Gasteiger partial charge in [0, 0.05) is 24.2 Å². The van der Waals surface area contributed by atoms with Crippen LogP contribution in [0.2, 0.25) is 0 Å². The number of carbonyl (C=O) groups excluding carboxylic acids is 1. The normalized spacial score (nSPS) is 22.5. The lowest BCUT2D eigenvalue weighted by atomic mass is 9.84. The van der Waals surface area contributed by atoms with Gasteiger partial charge < -0.3 is 0 Å². The summed E-state index contributed by atoms with van der Waals surface area (Å²) in [7, 11) is 0. The second-order valence-corrected chi connectivity index (χ2v) is 6.06. The van der Waals surface area contributed by atoms with Crippen molar-refractivity contribution < 1.29 is 14.4 Å². The molecule has 2 aliphatic rings. The second kappa shape index (κ2) is 5.73. The Balaban J connectivity index is 1.94. The highest BCUT2D eigenvalue weighted by molar-refractivity contribution is 5.93. The minimum atomic E-state index is -0.662. The van der Waals surface area contributed by atoms with Crippen LogP contribution in [-0.4, -0.2) is 28.1 Å². The molecule has 1 aliphatic carbocycles. The summed E-state index contributed by atoms with van der Waals surface area (Å²) in [5, 5.41) is 8.72. The highest BCUT2D eigenvalue weighted by atomic mass is 19.1. The summed E-state index contributed by atoms with van der Waals surface area (Å²) in [6.07, 6.45) is 5.41. The van der Waals surface area contributed by atoms with E-state index in [1.54, 1.807) is 11.5 Å². The fourth-order valence-corrected chi connectivity index (χ4v) is 3.46. The Morgan fingerprint density at radius 2 is 2.24 bits per heavy atom. The monoisotopic (exact) mass is 292 g/mol. The zero-order valence-electron chi connectivity index (χ0n) is 12.2. The summed E-state index contributed by atoms with van der Waals surface area (Å²) in [5.74, 6) is -0.998. The Kier molecular flexibility index (Phi) is 3.95. The molecule has 5 heteroatoms. The summed E-state index contributed by atoms with van der Waals surface area (Å²) in [4.78, 5) is 14.0. The van der Waals surface area contributed by atoms with Gasteiger partial charge >= 0.3 is 0 Å². The average Bonchev–Trinajstić information content (AvgIpc) is 2.44. The molecule has 1 aromatic carbocycles. The highest BCUT2D eigenvalue weighted by Crippen LogP contribution is 2.35. The Hall–Kier alpha value is -1.46. The first-order valence-corrected chi connectivity index (χ1v) is 7.65. The molecule has 0 saturated heterocycles. The van der Waals surface area contributed by atoms with E-state index >= 15 is 0 Å². The van der Waals surface area contributed by atoms with Crippen LogP contribution in [-0.2, 0) is 13.0 Å². The first-order valence-electron chi connectivity index (χ1n) is 7.65. The van der Waals surface area contributed by atoms with Gasteiger partial charge in [0.05, 0.1) is 0 Å². The van der Waals surface area contributed by atoms with Crippen LogP contribution in [0.4, 0.5) is 4.39 Å². The number of hydrogen-bond donors (Lipinski definition) is 2. The van der Waals surface area contributed by atoms with Crippen molar-refractivity contribution in [3.05, 3.63) is 34.6 Å². The summed E-state index contributed by atoms with van der Waals surface area (Å²) in [6.45, 7) is 2.84. The molecule has 1 aromatic rings. The van der Waals surface area contributed by atoms with E-state index in [9.17, 15) is 9.18 Å². The molecule has 1 fully saturated rings. The molecule has 1 saturated carbocycles. The quantitative estimate of drug-likeness (QED) is 0.665. The Labute approximate surface area is 123 Å². The van der Waals surface area contributed by atoms with Crippen LogP contribution >= 0.6 is 0 Å². The van der Waals surface area contributed by atoms with E-state index in [-0.39, 0.29) is 11.4 Å². The molecule has 4 nitrogen and oxygen atoms in total. The zero-order valence-corrected chi connectivity index (χ0v) is 12.2. The Morgan fingerprint density at radius 1 is 1.48 bits per heavy atom. The predicted molar refractivity (Wildman–Crippen MR) is 76.6 cm³/mol. The number of hydrogen-bond acceptors (Lipinski definition) is 3. The molecule has 0 unspecified atom stereocenters. The van der Waals surface area contributed by atoms with E-state index in [4.69, 9.17) is 5.21 Å². The van der Waals surface area contributed by atoms with Gasteiger partial charge in [-0.05, 0) is 48.9 Å². The molecule has 3 rings (SSSR count). The van der Waals surface area contributed by atoms with Crippen molar-refractivity contribution >= 4 is 5.91 Å². The van der Waals surface area contributed by atoms with Crippen LogP contribution < -0.4 is 5.48 Å². The first kappa shape index (κ1) is 14.5. The van der Waals surface area contributed by atoms with Crippen LogP contribution in [0.3, 0.4) is 0 Å². The zero-order chi connectivity index (χ0) is 15.0. The van der Waals surface area contributed by atoms with E-state index in [2.05, 4.69) is 11.8 Å². The minimum absolute atomic E-state index is 0.178. The molecule has 0 radical (unpaired) electrons.